The lowest BCUT2D eigenvalue weighted by atomic mass is 10.2. The molecule has 0 aliphatic heterocycles. The van der Waals surface area contributed by atoms with Crippen molar-refractivity contribution in [1.82, 2.24) is 9.78 Å². The number of aryl methyl sites for hydroxylation is 1. The van der Waals surface area contributed by atoms with Crippen LogP contribution in [0.4, 0.5) is 11.4 Å². The van der Waals surface area contributed by atoms with Crippen molar-refractivity contribution in [2.75, 3.05) is 0 Å². The molecule has 0 radical (unpaired) electrons. The molecule has 0 aliphatic rings. The van der Waals surface area contributed by atoms with E-state index in [1.54, 1.807) is 31.2 Å². The third-order valence-corrected chi connectivity index (χ3v) is 3.82. The molecule has 2 aromatic carbocycles. The number of aromatic amines is 1. The molecule has 1 aromatic heterocycles. The van der Waals surface area contributed by atoms with Gasteiger partial charge in [-0.15, -0.1) is 0 Å². The zero-order valence-corrected chi connectivity index (χ0v) is 13.9. The number of non-ortho nitro benzene ring substituents is 1. The largest absolute Gasteiger partial charge is 0.295 e. The van der Waals surface area contributed by atoms with Gasteiger partial charge in [0.05, 0.1) is 21.9 Å². The van der Waals surface area contributed by atoms with E-state index in [-0.39, 0.29) is 11.2 Å². The molecule has 8 heteroatoms. The molecule has 3 rings (SSSR count). The Hall–Kier alpha value is -3.19. The Bertz CT molecular complexity index is 1020. The smallest absolute Gasteiger partial charge is 0.280 e. The summed E-state index contributed by atoms with van der Waals surface area (Å²) in [7, 11) is 0. The van der Waals surface area contributed by atoms with Gasteiger partial charge in [-0.25, -0.2) is 4.68 Å². The Balaban J connectivity index is 1.93. The fourth-order valence-electron chi connectivity index (χ4n) is 2.31. The van der Waals surface area contributed by atoms with Crippen LogP contribution in [0.15, 0.2) is 58.3 Å². The molecule has 7 nitrogen and oxygen atoms in total. The zero-order valence-electron chi connectivity index (χ0n) is 13.1. The summed E-state index contributed by atoms with van der Waals surface area (Å²) in [4.78, 5) is 27.0. The van der Waals surface area contributed by atoms with E-state index in [0.29, 0.717) is 27.7 Å². The average molecular weight is 357 g/mol. The number of nitro groups is 1. The number of rotatable bonds is 4. The van der Waals surface area contributed by atoms with Gasteiger partial charge in [0.15, 0.2) is 0 Å². The molecule has 25 heavy (non-hydrogen) atoms. The number of aliphatic imine (C=N–C) groups is 1. The lowest BCUT2D eigenvalue weighted by molar-refractivity contribution is -0.384. The standard InChI is InChI=1S/C17H13ClN4O3/c1-11-16(10-19-13-5-7-14(8-6-13)22(24)25)17(23)21(20-11)15-4-2-3-12(18)9-15/h2-10,20H,1H3. The molecule has 126 valence electrons. The highest BCUT2D eigenvalue weighted by atomic mass is 35.5. The second-order valence-corrected chi connectivity index (χ2v) is 5.74. The lowest BCUT2D eigenvalue weighted by Crippen LogP contribution is -2.17. The predicted molar refractivity (Wildman–Crippen MR) is 96.5 cm³/mol. The summed E-state index contributed by atoms with van der Waals surface area (Å²) in [5.41, 5.74) is 1.91. The summed E-state index contributed by atoms with van der Waals surface area (Å²) in [6.07, 6.45) is 1.44. The van der Waals surface area contributed by atoms with Crippen molar-refractivity contribution < 1.29 is 4.92 Å². The van der Waals surface area contributed by atoms with Gasteiger partial charge in [0.1, 0.15) is 0 Å². The van der Waals surface area contributed by atoms with Crippen LogP contribution < -0.4 is 5.56 Å². The van der Waals surface area contributed by atoms with E-state index in [2.05, 4.69) is 10.1 Å². The van der Waals surface area contributed by atoms with Crippen LogP contribution in [0.5, 0.6) is 0 Å². The van der Waals surface area contributed by atoms with E-state index in [1.165, 1.54) is 35.2 Å². The normalized spacial score (nSPS) is 11.1. The van der Waals surface area contributed by atoms with E-state index >= 15 is 0 Å². The van der Waals surface area contributed by atoms with Crippen LogP contribution in [-0.2, 0) is 0 Å². The topological polar surface area (TPSA) is 93.3 Å². The quantitative estimate of drug-likeness (QED) is 0.438. The van der Waals surface area contributed by atoms with E-state index in [0.717, 1.165) is 0 Å². The summed E-state index contributed by atoms with van der Waals surface area (Å²) in [5.74, 6) is 0. The summed E-state index contributed by atoms with van der Waals surface area (Å²) in [6, 6.07) is 12.7. The van der Waals surface area contributed by atoms with Gasteiger partial charge in [-0.2, -0.15) is 0 Å². The van der Waals surface area contributed by atoms with Crippen LogP contribution in [-0.4, -0.2) is 20.9 Å². The van der Waals surface area contributed by atoms with Gasteiger partial charge in [0.2, 0.25) is 0 Å². The molecule has 1 N–H and O–H groups in total. The van der Waals surface area contributed by atoms with Gasteiger partial charge < -0.3 is 0 Å². The third kappa shape index (κ3) is 3.51. The molecular weight excluding hydrogens is 344 g/mol. The van der Waals surface area contributed by atoms with Crippen molar-refractivity contribution in [3.8, 4) is 5.69 Å². The van der Waals surface area contributed by atoms with E-state index < -0.39 is 4.92 Å². The Kier molecular flexibility index (Phi) is 4.49. The van der Waals surface area contributed by atoms with E-state index in [1.807, 2.05) is 0 Å². The minimum Gasteiger partial charge on any atom is -0.295 e. The summed E-state index contributed by atoms with van der Waals surface area (Å²) >= 11 is 5.97. The predicted octanol–water partition coefficient (Wildman–Crippen LogP) is 3.79. The maximum Gasteiger partial charge on any atom is 0.280 e. The summed E-state index contributed by atoms with van der Waals surface area (Å²) in [6.45, 7) is 1.76. The molecule has 0 unspecified atom stereocenters. The van der Waals surface area contributed by atoms with Crippen molar-refractivity contribution >= 4 is 29.2 Å². The summed E-state index contributed by atoms with van der Waals surface area (Å²) < 4.78 is 1.39. The van der Waals surface area contributed by atoms with Gasteiger partial charge in [0.25, 0.3) is 11.2 Å². The molecule has 0 aliphatic carbocycles. The van der Waals surface area contributed by atoms with Crippen LogP contribution in [0.2, 0.25) is 5.02 Å². The molecule has 3 aromatic rings. The highest BCUT2D eigenvalue weighted by molar-refractivity contribution is 6.30. The molecule has 0 bridgehead atoms. The van der Waals surface area contributed by atoms with E-state index in [9.17, 15) is 14.9 Å². The number of aromatic nitrogens is 2. The van der Waals surface area contributed by atoms with Crippen LogP contribution in [0.3, 0.4) is 0 Å². The lowest BCUT2D eigenvalue weighted by Gasteiger charge is -2.01. The minimum absolute atomic E-state index is 0.0138. The maximum atomic E-state index is 12.6. The third-order valence-electron chi connectivity index (χ3n) is 3.59. The number of hydrogen-bond donors (Lipinski definition) is 1. The number of hydrogen-bond acceptors (Lipinski definition) is 4. The van der Waals surface area contributed by atoms with Crippen molar-refractivity contribution in [3.63, 3.8) is 0 Å². The molecule has 0 spiro atoms. The first-order valence-electron chi connectivity index (χ1n) is 7.32. The van der Waals surface area contributed by atoms with Crippen LogP contribution in [0.1, 0.15) is 11.3 Å². The number of nitro benzene ring substituents is 1. The SMILES string of the molecule is Cc1[nH]n(-c2cccc(Cl)c2)c(=O)c1C=Nc1ccc([N+](=O)[O-])cc1. The van der Waals surface area contributed by atoms with Crippen LogP contribution in [0.25, 0.3) is 5.69 Å². The number of H-pyrrole nitrogens is 1. The fourth-order valence-corrected chi connectivity index (χ4v) is 2.49. The van der Waals surface area contributed by atoms with Gasteiger partial charge in [-0.3, -0.25) is 25.0 Å². The Morgan fingerprint density at radius 2 is 1.96 bits per heavy atom. The van der Waals surface area contributed by atoms with Crippen molar-refractivity contribution in [2.24, 2.45) is 4.99 Å². The number of halogens is 1. The molecule has 1 heterocycles. The first-order chi connectivity index (χ1) is 12.0. The van der Waals surface area contributed by atoms with Crippen molar-refractivity contribution in [2.45, 2.75) is 6.92 Å². The number of nitrogens with zero attached hydrogens (tertiary/aromatic N) is 3. The molecule has 0 amide bonds. The van der Waals surface area contributed by atoms with Gasteiger partial charge in [-0.1, -0.05) is 17.7 Å². The molecule has 0 atom stereocenters. The maximum absolute atomic E-state index is 12.6. The first-order valence-corrected chi connectivity index (χ1v) is 7.69. The number of nitrogens with one attached hydrogen (secondary N) is 1. The zero-order chi connectivity index (χ0) is 18.0. The summed E-state index contributed by atoms with van der Waals surface area (Å²) in [5, 5.41) is 14.2. The van der Waals surface area contributed by atoms with Gasteiger partial charge in [-0.05, 0) is 37.3 Å². The van der Waals surface area contributed by atoms with Crippen LogP contribution in [0, 0.1) is 17.0 Å². The molecule has 0 saturated heterocycles. The Morgan fingerprint density at radius 1 is 1.24 bits per heavy atom. The van der Waals surface area contributed by atoms with Crippen molar-refractivity contribution in [3.05, 3.63) is 85.3 Å². The highest BCUT2D eigenvalue weighted by Gasteiger charge is 2.11. The molecular formula is C17H13ClN4O3. The van der Waals surface area contributed by atoms with Gasteiger partial charge >= 0.3 is 0 Å². The van der Waals surface area contributed by atoms with Gasteiger partial charge in [0, 0.05) is 29.1 Å². The van der Waals surface area contributed by atoms with E-state index in [4.69, 9.17) is 11.6 Å². The number of benzene rings is 2. The minimum atomic E-state index is -0.479. The molecule has 0 saturated carbocycles. The van der Waals surface area contributed by atoms with Crippen molar-refractivity contribution in [1.29, 1.82) is 0 Å². The Labute approximate surface area is 147 Å². The highest BCUT2D eigenvalue weighted by Crippen LogP contribution is 2.18. The molecule has 0 fully saturated rings. The second-order valence-electron chi connectivity index (χ2n) is 5.30. The van der Waals surface area contributed by atoms with Crippen LogP contribution >= 0.6 is 11.6 Å². The first kappa shape index (κ1) is 16.7. The monoisotopic (exact) mass is 356 g/mol. The Morgan fingerprint density at radius 3 is 2.60 bits per heavy atom. The average Bonchev–Trinajstić information content (AvgIpc) is 2.88. The fraction of sp³-hybridized carbons (Fsp3) is 0.0588. The second kappa shape index (κ2) is 6.74.